The maximum Gasteiger partial charge on any atom is 0.00559 e. The Hall–Kier alpha value is -0.950. The van der Waals surface area contributed by atoms with E-state index >= 15 is 0 Å². The zero-order valence-corrected chi connectivity index (χ0v) is 9.17. The smallest absolute Gasteiger partial charge is 0.00559 e. The summed E-state index contributed by atoms with van der Waals surface area (Å²) >= 11 is 4.28. The van der Waals surface area contributed by atoms with Gasteiger partial charge in [-0.2, -0.15) is 0 Å². The monoisotopic (exact) mass is 202 g/mol. The van der Waals surface area contributed by atoms with E-state index in [2.05, 4.69) is 62.0 Å². The highest BCUT2D eigenvalue weighted by Gasteiger charge is 2.08. The summed E-state index contributed by atoms with van der Waals surface area (Å²) in [5.74, 6) is 0.549. The summed E-state index contributed by atoms with van der Waals surface area (Å²) in [4.78, 5) is 1.03. The van der Waals surface area contributed by atoms with E-state index in [4.69, 9.17) is 0 Å². The van der Waals surface area contributed by atoms with Crippen LogP contribution in [0.5, 0.6) is 0 Å². The molecule has 2 rings (SSSR count). The van der Waals surface area contributed by atoms with Crippen LogP contribution in [-0.2, 0) is 0 Å². The minimum atomic E-state index is 0.549. The quantitative estimate of drug-likeness (QED) is 0.655. The molecule has 0 bridgehead atoms. The number of allylic oxidation sites excluding steroid dienone is 4. The second-order valence-corrected chi connectivity index (χ2v) is 4.26. The van der Waals surface area contributed by atoms with Crippen molar-refractivity contribution >= 4 is 12.6 Å². The van der Waals surface area contributed by atoms with Gasteiger partial charge in [0.25, 0.3) is 0 Å². The maximum atomic E-state index is 4.28. The molecule has 0 saturated heterocycles. The van der Waals surface area contributed by atoms with Gasteiger partial charge in [0.15, 0.2) is 0 Å². The first-order chi connectivity index (χ1) is 6.75. The molecule has 1 aliphatic rings. The zero-order chi connectivity index (χ0) is 9.97. The van der Waals surface area contributed by atoms with Crippen molar-refractivity contribution in [2.45, 2.75) is 24.2 Å². The number of rotatable bonds is 1. The van der Waals surface area contributed by atoms with E-state index < -0.39 is 0 Å². The fraction of sp³-hybridized carbons (Fsp3) is 0.231. The fourth-order valence-electron chi connectivity index (χ4n) is 1.70. The van der Waals surface area contributed by atoms with E-state index in [9.17, 15) is 0 Å². The molecule has 1 atom stereocenters. The van der Waals surface area contributed by atoms with Crippen molar-refractivity contribution in [3.63, 3.8) is 0 Å². The lowest BCUT2D eigenvalue weighted by atomic mass is 9.91. The molecule has 1 unspecified atom stereocenters. The molecule has 0 fully saturated rings. The molecule has 0 spiro atoms. The SMILES string of the molecule is CC1=CCC(c2ccc(S)cc2)C=C1. The Labute approximate surface area is 90.8 Å². The highest BCUT2D eigenvalue weighted by Crippen LogP contribution is 2.27. The molecular formula is C13H14S. The largest absolute Gasteiger partial charge is 0.143 e. The van der Waals surface area contributed by atoms with E-state index in [1.165, 1.54) is 11.1 Å². The van der Waals surface area contributed by atoms with Crippen molar-refractivity contribution in [1.82, 2.24) is 0 Å². The lowest BCUT2D eigenvalue weighted by Gasteiger charge is -2.15. The van der Waals surface area contributed by atoms with Gasteiger partial charge in [-0.25, -0.2) is 0 Å². The van der Waals surface area contributed by atoms with Gasteiger partial charge in [0, 0.05) is 10.8 Å². The number of benzene rings is 1. The Balaban J connectivity index is 2.18. The van der Waals surface area contributed by atoms with E-state index in [0.717, 1.165) is 11.3 Å². The molecule has 14 heavy (non-hydrogen) atoms. The van der Waals surface area contributed by atoms with Crippen LogP contribution in [0.15, 0.2) is 53.0 Å². The molecule has 0 nitrogen and oxygen atoms in total. The van der Waals surface area contributed by atoms with E-state index in [0.29, 0.717) is 5.92 Å². The molecule has 0 amide bonds. The van der Waals surface area contributed by atoms with Crippen molar-refractivity contribution in [1.29, 1.82) is 0 Å². The lowest BCUT2D eigenvalue weighted by molar-refractivity contribution is 0.843. The number of thiol groups is 1. The summed E-state index contributed by atoms with van der Waals surface area (Å²) in [5, 5.41) is 0. The third kappa shape index (κ3) is 2.10. The van der Waals surface area contributed by atoms with Gasteiger partial charge in [-0.15, -0.1) is 12.6 Å². The normalized spacial score (nSPS) is 20.7. The van der Waals surface area contributed by atoms with Crippen LogP contribution in [0.1, 0.15) is 24.8 Å². The summed E-state index contributed by atoms with van der Waals surface area (Å²) in [6.45, 7) is 2.14. The highest BCUT2D eigenvalue weighted by molar-refractivity contribution is 7.80. The van der Waals surface area contributed by atoms with Gasteiger partial charge in [-0.3, -0.25) is 0 Å². The van der Waals surface area contributed by atoms with Crippen molar-refractivity contribution in [3.8, 4) is 0 Å². The summed E-state index contributed by atoms with van der Waals surface area (Å²) in [6.07, 6.45) is 7.89. The summed E-state index contributed by atoms with van der Waals surface area (Å²) < 4.78 is 0. The zero-order valence-electron chi connectivity index (χ0n) is 8.27. The Kier molecular flexibility index (Phi) is 2.78. The molecule has 0 heterocycles. The predicted molar refractivity (Wildman–Crippen MR) is 63.9 cm³/mol. The molecule has 0 N–H and O–H groups in total. The van der Waals surface area contributed by atoms with Gasteiger partial charge < -0.3 is 0 Å². The van der Waals surface area contributed by atoms with Crippen molar-refractivity contribution in [3.05, 3.63) is 53.6 Å². The fourth-order valence-corrected chi connectivity index (χ4v) is 1.85. The minimum absolute atomic E-state index is 0.549. The second-order valence-electron chi connectivity index (χ2n) is 3.74. The van der Waals surface area contributed by atoms with Crippen LogP contribution in [0.4, 0.5) is 0 Å². The molecule has 1 aliphatic carbocycles. The summed E-state index contributed by atoms with van der Waals surface area (Å²) in [7, 11) is 0. The Morgan fingerprint density at radius 3 is 2.50 bits per heavy atom. The average Bonchev–Trinajstić information content (AvgIpc) is 2.21. The molecular weight excluding hydrogens is 188 g/mol. The Bertz CT molecular complexity index is 371. The van der Waals surface area contributed by atoms with Gasteiger partial charge in [-0.1, -0.05) is 35.9 Å². The van der Waals surface area contributed by atoms with E-state index in [1.54, 1.807) is 0 Å². The molecule has 0 aromatic heterocycles. The van der Waals surface area contributed by atoms with Crippen LogP contribution in [0.25, 0.3) is 0 Å². The van der Waals surface area contributed by atoms with Gasteiger partial charge in [0.2, 0.25) is 0 Å². The van der Waals surface area contributed by atoms with Gasteiger partial charge in [-0.05, 0) is 31.0 Å². The lowest BCUT2D eigenvalue weighted by Crippen LogP contribution is -1.97. The average molecular weight is 202 g/mol. The minimum Gasteiger partial charge on any atom is -0.143 e. The molecule has 1 aromatic rings. The van der Waals surface area contributed by atoms with Crippen LogP contribution in [0.3, 0.4) is 0 Å². The second kappa shape index (κ2) is 4.05. The number of hydrogen-bond donors (Lipinski definition) is 1. The van der Waals surface area contributed by atoms with Crippen molar-refractivity contribution < 1.29 is 0 Å². The van der Waals surface area contributed by atoms with Crippen molar-refractivity contribution in [2.24, 2.45) is 0 Å². The van der Waals surface area contributed by atoms with Crippen LogP contribution >= 0.6 is 12.6 Å². The van der Waals surface area contributed by atoms with Gasteiger partial charge in [0.05, 0.1) is 0 Å². The molecule has 1 aromatic carbocycles. The van der Waals surface area contributed by atoms with Gasteiger partial charge in [0.1, 0.15) is 0 Å². The van der Waals surface area contributed by atoms with E-state index in [-0.39, 0.29) is 0 Å². The Morgan fingerprint density at radius 1 is 1.21 bits per heavy atom. The number of hydrogen-bond acceptors (Lipinski definition) is 1. The first-order valence-electron chi connectivity index (χ1n) is 4.89. The molecule has 72 valence electrons. The topological polar surface area (TPSA) is 0 Å². The van der Waals surface area contributed by atoms with Crippen LogP contribution in [0.2, 0.25) is 0 Å². The van der Waals surface area contributed by atoms with Gasteiger partial charge >= 0.3 is 0 Å². The van der Waals surface area contributed by atoms with Crippen LogP contribution in [-0.4, -0.2) is 0 Å². The third-order valence-electron chi connectivity index (χ3n) is 2.61. The standard InChI is InChI=1S/C13H14S/c1-10-2-4-11(5-3-10)12-6-8-13(14)9-7-12/h2-4,6-9,11,14H,5H2,1H3. The third-order valence-corrected chi connectivity index (χ3v) is 2.90. The van der Waals surface area contributed by atoms with Crippen LogP contribution in [0, 0.1) is 0 Å². The molecule has 1 heteroatoms. The first-order valence-corrected chi connectivity index (χ1v) is 5.34. The molecule has 0 saturated carbocycles. The Morgan fingerprint density at radius 2 is 1.93 bits per heavy atom. The molecule has 0 aliphatic heterocycles. The van der Waals surface area contributed by atoms with Crippen LogP contribution < -0.4 is 0 Å². The summed E-state index contributed by atoms with van der Waals surface area (Å²) in [6, 6.07) is 8.42. The predicted octanol–water partition coefficient (Wildman–Crippen LogP) is 3.97. The van der Waals surface area contributed by atoms with Crippen molar-refractivity contribution in [2.75, 3.05) is 0 Å². The molecule has 0 radical (unpaired) electrons. The highest BCUT2D eigenvalue weighted by atomic mass is 32.1. The maximum absolute atomic E-state index is 4.28. The summed E-state index contributed by atoms with van der Waals surface area (Å²) in [5.41, 5.74) is 2.75. The van der Waals surface area contributed by atoms with E-state index in [1.807, 2.05) is 0 Å². The first kappa shape index (κ1) is 9.60.